The number of rotatable bonds is 11. The van der Waals surface area contributed by atoms with Gasteiger partial charge in [0.15, 0.2) is 0 Å². The third-order valence-electron chi connectivity index (χ3n) is 4.59. The number of hydrogen-bond donors (Lipinski definition) is 0. The van der Waals surface area contributed by atoms with Crippen molar-refractivity contribution in [3.8, 4) is 5.75 Å². The molecule has 0 saturated carbocycles. The Labute approximate surface area is 149 Å². The van der Waals surface area contributed by atoms with Gasteiger partial charge in [0.25, 0.3) is 0 Å². The van der Waals surface area contributed by atoms with E-state index in [1.807, 2.05) is 0 Å². The molecule has 1 unspecified atom stereocenters. The minimum atomic E-state index is 0.211. The fourth-order valence-electron chi connectivity index (χ4n) is 2.79. The van der Waals surface area contributed by atoms with Gasteiger partial charge in [0.2, 0.25) is 0 Å². The molecule has 3 heteroatoms. The van der Waals surface area contributed by atoms with Gasteiger partial charge in [0.1, 0.15) is 18.9 Å². The van der Waals surface area contributed by atoms with Crippen molar-refractivity contribution < 1.29 is 14.0 Å². The molecule has 0 heterocycles. The lowest BCUT2D eigenvalue weighted by Gasteiger charge is -2.28. The molecule has 24 heavy (non-hydrogen) atoms. The number of ether oxygens (including phenoxy) is 2. The summed E-state index contributed by atoms with van der Waals surface area (Å²) < 4.78 is 12.3. The highest BCUT2D eigenvalue weighted by atomic mass is 16.5. The highest BCUT2D eigenvalue weighted by Gasteiger charge is 2.22. The van der Waals surface area contributed by atoms with Gasteiger partial charge < -0.3 is 14.0 Å². The van der Waals surface area contributed by atoms with E-state index in [-0.39, 0.29) is 5.41 Å². The zero-order chi connectivity index (χ0) is 18.2. The Morgan fingerprint density at radius 2 is 1.62 bits per heavy atom. The number of benzene rings is 1. The lowest BCUT2D eigenvalue weighted by molar-refractivity contribution is -0.870. The summed E-state index contributed by atoms with van der Waals surface area (Å²) in [5, 5.41) is 0. The Morgan fingerprint density at radius 3 is 2.17 bits per heavy atom. The van der Waals surface area contributed by atoms with E-state index in [4.69, 9.17) is 9.47 Å². The van der Waals surface area contributed by atoms with Crippen molar-refractivity contribution in [3.63, 3.8) is 0 Å². The molecule has 0 aliphatic carbocycles. The van der Waals surface area contributed by atoms with Gasteiger partial charge in [-0.1, -0.05) is 46.2 Å². The fraction of sp³-hybridized carbons (Fsp3) is 0.714. The minimum absolute atomic E-state index is 0.211. The molecule has 1 aromatic carbocycles. The largest absolute Gasteiger partial charge is 0.491 e. The molecule has 0 amide bonds. The summed E-state index contributed by atoms with van der Waals surface area (Å²) >= 11 is 0. The van der Waals surface area contributed by atoms with E-state index in [2.05, 4.69) is 73.1 Å². The first-order valence-electron chi connectivity index (χ1n) is 9.25. The van der Waals surface area contributed by atoms with E-state index in [9.17, 15) is 0 Å². The van der Waals surface area contributed by atoms with E-state index < -0.39 is 0 Å². The molecular formula is C21H38NO2+. The van der Waals surface area contributed by atoms with Crippen LogP contribution in [0.2, 0.25) is 0 Å². The molecule has 1 rings (SSSR count). The molecule has 0 saturated heterocycles. The summed E-state index contributed by atoms with van der Waals surface area (Å²) in [6.07, 6.45) is 2.45. The van der Waals surface area contributed by atoms with Gasteiger partial charge in [-0.3, -0.25) is 0 Å². The zero-order valence-electron chi connectivity index (χ0n) is 16.9. The topological polar surface area (TPSA) is 18.5 Å². The first kappa shape index (κ1) is 21.0. The molecule has 1 atom stereocenters. The van der Waals surface area contributed by atoms with Gasteiger partial charge in [0.05, 0.1) is 34.4 Å². The highest BCUT2D eigenvalue weighted by molar-refractivity contribution is 5.31. The number of hydrogen-bond acceptors (Lipinski definition) is 2. The Bertz CT molecular complexity index is 460. The molecule has 0 spiro atoms. The van der Waals surface area contributed by atoms with Crippen molar-refractivity contribution in [1.82, 2.24) is 0 Å². The summed E-state index contributed by atoms with van der Waals surface area (Å²) in [5.74, 6) is 1.67. The van der Waals surface area contributed by atoms with Gasteiger partial charge in [-0.25, -0.2) is 0 Å². The van der Waals surface area contributed by atoms with Crippen LogP contribution in [0.25, 0.3) is 0 Å². The molecule has 3 nitrogen and oxygen atoms in total. The van der Waals surface area contributed by atoms with Gasteiger partial charge in [-0.15, -0.1) is 0 Å². The lowest BCUT2D eigenvalue weighted by atomic mass is 9.77. The summed E-state index contributed by atoms with van der Waals surface area (Å²) in [5.41, 5.74) is 1.59. The van der Waals surface area contributed by atoms with Crippen LogP contribution in [-0.2, 0) is 10.2 Å². The van der Waals surface area contributed by atoms with Crippen LogP contribution in [0.1, 0.15) is 46.1 Å². The van der Waals surface area contributed by atoms with Crippen LogP contribution >= 0.6 is 0 Å². The normalized spacial score (nSPS) is 13.8. The zero-order valence-corrected chi connectivity index (χ0v) is 16.9. The maximum atomic E-state index is 5.78. The molecule has 0 radical (unpaired) electrons. The second-order valence-corrected chi connectivity index (χ2v) is 8.60. The van der Waals surface area contributed by atoms with Gasteiger partial charge >= 0.3 is 0 Å². The Morgan fingerprint density at radius 1 is 1.00 bits per heavy atom. The van der Waals surface area contributed by atoms with Crippen LogP contribution in [-0.4, -0.2) is 52.0 Å². The van der Waals surface area contributed by atoms with Crippen molar-refractivity contribution in [1.29, 1.82) is 0 Å². The van der Waals surface area contributed by atoms with Crippen LogP contribution in [0.5, 0.6) is 5.75 Å². The van der Waals surface area contributed by atoms with E-state index in [0.29, 0.717) is 13.2 Å². The maximum absolute atomic E-state index is 5.78. The van der Waals surface area contributed by atoms with Crippen molar-refractivity contribution in [3.05, 3.63) is 29.8 Å². The summed E-state index contributed by atoms with van der Waals surface area (Å²) in [4.78, 5) is 0. The van der Waals surface area contributed by atoms with Crippen molar-refractivity contribution in [2.24, 2.45) is 5.92 Å². The van der Waals surface area contributed by atoms with E-state index in [0.717, 1.165) is 29.3 Å². The Balaban J connectivity index is 2.37. The van der Waals surface area contributed by atoms with Crippen LogP contribution in [0.3, 0.4) is 0 Å². The second-order valence-electron chi connectivity index (χ2n) is 8.60. The van der Waals surface area contributed by atoms with Gasteiger partial charge in [-0.05, 0) is 35.4 Å². The predicted molar refractivity (Wildman–Crippen MR) is 103 cm³/mol. The van der Waals surface area contributed by atoms with Crippen LogP contribution < -0.4 is 4.74 Å². The Hall–Kier alpha value is -1.06. The van der Waals surface area contributed by atoms with E-state index in [1.54, 1.807) is 0 Å². The minimum Gasteiger partial charge on any atom is -0.491 e. The second kappa shape index (κ2) is 9.43. The number of likely N-dealkylation sites (N-methyl/N-ethyl adjacent to an activating group) is 1. The SMILES string of the molecule is CCC(C)CC(C)(C)c1ccc(OCCOCC[N+](C)(C)C)cc1. The van der Waals surface area contributed by atoms with Crippen molar-refractivity contribution in [2.45, 2.75) is 46.0 Å². The van der Waals surface area contributed by atoms with Crippen LogP contribution in [0.4, 0.5) is 0 Å². The van der Waals surface area contributed by atoms with E-state index in [1.165, 1.54) is 18.4 Å². The Kier molecular flexibility index (Phi) is 8.24. The average molecular weight is 337 g/mol. The molecule has 0 N–H and O–H groups in total. The first-order valence-corrected chi connectivity index (χ1v) is 9.25. The molecule has 1 aromatic rings. The quantitative estimate of drug-likeness (QED) is 0.437. The smallest absolute Gasteiger partial charge is 0.119 e. The number of nitrogens with zero attached hydrogens (tertiary/aromatic N) is 1. The standard InChI is InChI=1S/C21H38NO2/c1-8-18(2)17-21(3,4)19-9-11-20(12-10-19)24-16-15-23-14-13-22(5,6)7/h9-12,18H,8,13-17H2,1-7H3/q+1. The maximum Gasteiger partial charge on any atom is 0.119 e. The van der Waals surface area contributed by atoms with Crippen LogP contribution in [0.15, 0.2) is 24.3 Å². The molecule has 0 aromatic heterocycles. The fourth-order valence-corrected chi connectivity index (χ4v) is 2.79. The van der Waals surface area contributed by atoms with Gasteiger partial charge in [0, 0.05) is 0 Å². The average Bonchev–Trinajstić information content (AvgIpc) is 2.49. The molecule has 138 valence electrons. The highest BCUT2D eigenvalue weighted by Crippen LogP contribution is 2.32. The van der Waals surface area contributed by atoms with Gasteiger partial charge in [-0.2, -0.15) is 0 Å². The van der Waals surface area contributed by atoms with Crippen molar-refractivity contribution in [2.75, 3.05) is 47.5 Å². The van der Waals surface area contributed by atoms with E-state index >= 15 is 0 Å². The first-order chi connectivity index (χ1) is 11.1. The molecule has 0 aliphatic rings. The predicted octanol–water partition coefficient (Wildman–Crippen LogP) is 4.50. The third kappa shape index (κ3) is 8.16. The molecular weight excluding hydrogens is 298 g/mol. The molecule has 0 aliphatic heterocycles. The van der Waals surface area contributed by atoms with Crippen LogP contribution in [0, 0.1) is 5.92 Å². The summed E-state index contributed by atoms with van der Waals surface area (Å²) in [6, 6.07) is 8.57. The molecule has 0 fully saturated rings. The third-order valence-corrected chi connectivity index (χ3v) is 4.59. The summed E-state index contributed by atoms with van der Waals surface area (Å²) in [7, 11) is 6.51. The van der Waals surface area contributed by atoms with Crippen molar-refractivity contribution >= 4 is 0 Å². The number of quaternary nitrogens is 1. The molecule has 0 bridgehead atoms. The summed E-state index contributed by atoms with van der Waals surface area (Å²) in [6.45, 7) is 12.3. The monoisotopic (exact) mass is 336 g/mol. The lowest BCUT2D eigenvalue weighted by Crippen LogP contribution is -2.37.